The summed E-state index contributed by atoms with van der Waals surface area (Å²) in [4.78, 5) is 35.9. The molecule has 1 aromatic heterocycles. The van der Waals surface area contributed by atoms with Crippen LogP contribution in [0.3, 0.4) is 0 Å². The number of piperidine rings is 1. The van der Waals surface area contributed by atoms with Gasteiger partial charge in [0, 0.05) is 43.0 Å². The molecule has 132 valence electrons. The van der Waals surface area contributed by atoms with Gasteiger partial charge in [-0.15, -0.1) is 0 Å². The molecule has 0 bridgehead atoms. The van der Waals surface area contributed by atoms with Crippen molar-refractivity contribution in [3.8, 4) is 0 Å². The van der Waals surface area contributed by atoms with Crippen molar-refractivity contribution in [1.29, 1.82) is 0 Å². The Balaban J connectivity index is 1.77. The molecule has 3 rings (SSSR count). The van der Waals surface area contributed by atoms with Crippen molar-refractivity contribution in [3.63, 3.8) is 0 Å². The van der Waals surface area contributed by atoms with Crippen LogP contribution in [0, 0.1) is 0 Å². The second-order valence-corrected chi connectivity index (χ2v) is 6.13. The first-order chi connectivity index (χ1) is 11.8. The van der Waals surface area contributed by atoms with E-state index in [9.17, 15) is 23.2 Å². The lowest BCUT2D eigenvalue weighted by Crippen LogP contribution is -2.54. The summed E-state index contributed by atoms with van der Waals surface area (Å²) in [6.45, 7) is 0.0395. The van der Waals surface area contributed by atoms with Gasteiger partial charge in [0.15, 0.2) is 0 Å². The maximum atomic E-state index is 13.2. The van der Waals surface area contributed by atoms with Crippen LogP contribution in [-0.4, -0.2) is 34.9 Å². The van der Waals surface area contributed by atoms with Crippen LogP contribution in [-0.2, 0) is 11.8 Å². The summed E-state index contributed by atoms with van der Waals surface area (Å²) in [7, 11) is 1.55. The van der Waals surface area contributed by atoms with Crippen LogP contribution in [0.1, 0.15) is 23.2 Å². The predicted octanol–water partition coefficient (Wildman–Crippen LogP) is 1.18. The summed E-state index contributed by atoms with van der Waals surface area (Å²) in [6, 6.07) is 6.20. The third-order valence-electron chi connectivity index (χ3n) is 4.32. The Bertz CT molecular complexity index is 908. The molecule has 1 aliphatic rings. The third-order valence-corrected chi connectivity index (χ3v) is 4.32. The highest BCUT2D eigenvalue weighted by molar-refractivity contribution is 6.06. The van der Waals surface area contributed by atoms with E-state index < -0.39 is 30.2 Å². The molecular formula is C17H17F2N3O3. The number of alkyl halides is 2. The van der Waals surface area contributed by atoms with Gasteiger partial charge in [0.05, 0.1) is 5.56 Å². The number of amides is 2. The number of halogens is 2. The van der Waals surface area contributed by atoms with E-state index in [0.29, 0.717) is 16.3 Å². The van der Waals surface area contributed by atoms with Crippen molar-refractivity contribution >= 4 is 22.6 Å². The number of rotatable bonds is 3. The minimum Gasteiger partial charge on any atom is -0.350 e. The van der Waals surface area contributed by atoms with E-state index in [2.05, 4.69) is 10.6 Å². The number of pyridine rings is 1. The number of carbonyl (C=O) groups is 2. The lowest BCUT2D eigenvalue weighted by atomic mass is 10.0. The minimum atomic E-state index is -3.35. The Morgan fingerprint density at radius 1 is 1.32 bits per heavy atom. The lowest BCUT2D eigenvalue weighted by molar-refractivity contribution is -0.151. The zero-order valence-corrected chi connectivity index (χ0v) is 13.5. The van der Waals surface area contributed by atoms with Crippen molar-refractivity contribution in [2.75, 3.05) is 6.54 Å². The zero-order valence-electron chi connectivity index (χ0n) is 13.5. The largest absolute Gasteiger partial charge is 0.350 e. The Kier molecular flexibility index (Phi) is 4.28. The van der Waals surface area contributed by atoms with Gasteiger partial charge >= 0.3 is 5.92 Å². The van der Waals surface area contributed by atoms with E-state index in [4.69, 9.17) is 0 Å². The second kappa shape index (κ2) is 6.27. The van der Waals surface area contributed by atoms with Crippen molar-refractivity contribution in [3.05, 3.63) is 46.4 Å². The van der Waals surface area contributed by atoms with Crippen LogP contribution in [0.4, 0.5) is 8.78 Å². The Morgan fingerprint density at radius 3 is 2.68 bits per heavy atom. The third kappa shape index (κ3) is 3.24. The van der Waals surface area contributed by atoms with Crippen molar-refractivity contribution in [1.82, 2.24) is 15.2 Å². The summed E-state index contributed by atoms with van der Waals surface area (Å²) in [5.74, 6) is -5.10. The molecule has 1 saturated heterocycles. The van der Waals surface area contributed by atoms with E-state index in [1.165, 1.54) is 10.8 Å². The van der Waals surface area contributed by atoms with Crippen LogP contribution in [0.15, 0.2) is 35.3 Å². The van der Waals surface area contributed by atoms with Crippen LogP contribution in [0.5, 0.6) is 0 Å². The van der Waals surface area contributed by atoms with Gasteiger partial charge in [0.1, 0.15) is 0 Å². The standard InChI is InChI=1S/C17H17F2N3O3/c1-22-9-13(11-4-2-3-5-12(11)15(22)24)14(23)20-8-10-6-7-17(18,19)16(25)21-10/h2-5,9-10H,6-8H2,1H3,(H,20,23)(H,21,25). The Morgan fingerprint density at radius 2 is 2.00 bits per heavy atom. The number of benzene rings is 1. The molecule has 2 N–H and O–H groups in total. The summed E-state index contributed by atoms with van der Waals surface area (Å²) in [5, 5.41) is 5.79. The van der Waals surface area contributed by atoms with Crippen LogP contribution in [0.2, 0.25) is 0 Å². The number of fused-ring (bicyclic) bond motifs is 1. The molecule has 25 heavy (non-hydrogen) atoms. The van der Waals surface area contributed by atoms with Gasteiger partial charge in [-0.2, -0.15) is 8.78 Å². The Hall–Kier alpha value is -2.77. The molecule has 2 aromatic rings. The Labute approximate surface area is 141 Å². The first-order valence-corrected chi connectivity index (χ1v) is 7.85. The van der Waals surface area contributed by atoms with E-state index >= 15 is 0 Å². The van der Waals surface area contributed by atoms with Crippen molar-refractivity contribution in [2.24, 2.45) is 7.05 Å². The molecule has 0 spiro atoms. The molecule has 2 amide bonds. The number of carbonyl (C=O) groups excluding carboxylic acids is 2. The van der Waals surface area contributed by atoms with Gasteiger partial charge in [0.25, 0.3) is 17.4 Å². The maximum Gasteiger partial charge on any atom is 0.324 e. The highest BCUT2D eigenvalue weighted by Gasteiger charge is 2.43. The molecule has 1 atom stereocenters. The van der Waals surface area contributed by atoms with E-state index in [1.807, 2.05) is 0 Å². The fourth-order valence-corrected chi connectivity index (χ4v) is 2.89. The predicted molar refractivity (Wildman–Crippen MR) is 87.6 cm³/mol. The average molecular weight is 349 g/mol. The van der Waals surface area contributed by atoms with Crippen molar-refractivity contribution in [2.45, 2.75) is 24.8 Å². The van der Waals surface area contributed by atoms with Crippen LogP contribution < -0.4 is 16.2 Å². The smallest absolute Gasteiger partial charge is 0.324 e. The van der Waals surface area contributed by atoms with E-state index in [0.717, 1.165) is 0 Å². The SMILES string of the molecule is Cn1cc(C(=O)NCC2CCC(F)(F)C(=O)N2)c2ccccc2c1=O. The molecular weight excluding hydrogens is 332 g/mol. The number of hydrogen-bond acceptors (Lipinski definition) is 3. The maximum absolute atomic E-state index is 13.2. The van der Waals surface area contributed by atoms with Gasteiger partial charge in [-0.05, 0) is 12.5 Å². The number of nitrogens with one attached hydrogen (secondary N) is 2. The number of aryl methyl sites for hydroxylation is 1. The monoisotopic (exact) mass is 349 g/mol. The van der Waals surface area contributed by atoms with Gasteiger partial charge < -0.3 is 15.2 Å². The highest BCUT2D eigenvalue weighted by Crippen LogP contribution is 2.25. The molecule has 8 heteroatoms. The molecule has 1 aromatic carbocycles. The molecule has 0 aliphatic carbocycles. The van der Waals surface area contributed by atoms with Crippen LogP contribution in [0.25, 0.3) is 10.8 Å². The normalized spacial score (nSPS) is 19.5. The van der Waals surface area contributed by atoms with Gasteiger partial charge in [-0.1, -0.05) is 18.2 Å². The number of aromatic nitrogens is 1. The van der Waals surface area contributed by atoms with Gasteiger partial charge in [-0.3, -0.25) is 14.4 Å². The fourth-order valence-electron chi connectivity index (χ4n) is 2.89. The molecule has 1 aliphatic heterocycles. The summed E-state index contributed by atoms with van der Waals surface area (Å²) < 4.78 is 27.6. The first-order valence-electron chi connectivity index (χ1n) is 7.85. The first kappa shape index (κ1) is 17.1. The molecule has 6 nitrogen and oxygen atoms in total. The average Bonchev–Trinajstić information content (AvgIpc) is 2.59. The molecule has 0 radical (unpaired) electrons. The van der Waals surface area contributed by atoms with Gasteiger partial charge in [-0.25, -0.2) is 0 Å². The van der Waals surface area contributed by atoms with Crippen LogP contribution >= 0.6 is 0 Å². The summed E-state index contributed by atoms with van der Waals surface area (Å²) >= 11 is 0. The molecule has 1 unspecified atom stereocenters. The quantitative estimate of drug-likeness (QED) is 0.873. The highest BCUT2D eigenvalue weighted by atomic mass is 19.3. The lowest BCUT2D eigenvalue weighted by Gasteiger charge is -2.28. The van der Waals surface area contributed by atoms with Crippen molar-refractivity contribution < 1.29 is 18.4 Å². The molecule has 1 fully saturated rings. The second-order valence-electron chi connectivity index (χ2n) is 6.13. The fraction of sp³-hybridized carbons (Fsp3) is 0.353. The molecule has 2 heterocycles. The summed E-state index contributed by atoms with van der Waals surface area (Å²) in [5.41, 5.74) is 0.0964. The van der Waals surface area contributed by atoms with E-state index in [1.54, 1.807) is 31.3 Å². The van der Waals surface area contributed by atoms with E-state index in [-0.39, 0.29) is 18.5 Å². The topological polar surface area (TPSA) is 80.2 Å². The minimum absolute atomic E-state index is 0.0395. The van der Waals surface area contributed by atoms with Gasteiger partial charge in [0.2, 0.25) is 0 Å². The zero-order chi connectivity index (χ0) is 18.2. The number of hydrogen-bond donors (Lipinski definition) is 2. The summed E-state index contributed by atoms with van der Waals surface area (Å²) in [6.07, 6.45) is 0.975. The molecule has 0 saturated carbocycles. The number of nitrogens with zero attached hydrogens (tertiary/aromatic N) is 1.